The van der Waals surface area contributed by atoms with E-state index in [1.54, 1.807) is 12.1 Å². The number of Topliss-reactive ketones (excluding diaryl/α,β-unsaturated/α-hetero) is 1. The minimum Gasteiger partial charge on any atom is -0.454 e. The van der Waals surface area contributed by atoms with Gasteiger partial charge in [-0.05, 0) is 34.0 Å². The number of hydrogen-bond acceptors (Lipinski definition) is 3. The first-order valence-electron chi connectivity index (χ1n) is 5.20. The van der Waals surface area contributed by atoms with Crippen molar-refractivity contribution < 1.29 is 14.3 Å². The molecule has 0 radical (unpaired) electrons. The van der Waals surface area contributed by atoms with Crippen LogP contribution in [-0.4, -0.2) is 12.6 Å². The molecule has 0 amide bonds. The lowest BCUT2D eigenvalue weighted by Crippen LogP contribution is -2.04. The van der Waals surface area contributed by atoms with Crippen LogP contribution < -0.4 is 9.47 Å². The van der Waals surface area contributed by atoms with Crippen LogP contribution in [0.3, 0.4) is 0 Å². The Bertz CT molecular complexity index is 427. The van der Waals surface area contributed by atoms with Gasteiger partial charge in [0.1, 0.15) is 0 Å². The van der Waals surface area contributed by atoms with E-state index in [1.165, 1.54) is 0 Å². The van der Waals surface area contributed by atoms with E-state index >= 15 is 0 Å². The normalized spacial score (nSPS) is 13.2. The van der Waals surface area contributed by atoms with Gasteiger partial charge in [0.2, 0.25) is 6.79 Å². The summed E-state index contributed by atoms with van der Waals surface area (Å²) in [5, 5.41) is 0. The summed E-state index contributed by atoms with van der Waals surface area (Å²) in [6.45, 7) is 4.28. The Morgan fingerprint density at radius 3 is 2.62 bits per heavy atom. The van der Waals surface area contributed by atoms with Gasteiger partial charge in [-0.25, -0.2) is 0 Å². The second-order valence-corrected chi connectivity index (χ2v) is 5.06. The Morgan fingerprint density at radius 2 is 2.00 bits per heavy atom. The molecule has 1 aliphatic rings. The van der Waals surface area contributed by atoms with E-state index in [0.29, 0.717) is 29.4 Å². The van der Waals surface area contributed by atoms with Crippen molar-refractivity contribution in [3.63, 3.8) is 0 Å². The molecule has 4 heteroatoms. The molecule has 1 aliphatic heterocycles. The Labute approximate surface area is 103 Å². The van der Waals surface area contributed by atoms with E-state index in [0.717, 1.165) is 4.47 Å². The van der Waals surface area contributed by atoms with Crippen LogP contribution in [0.1, 0.15) is 30.6 Å². The summed E-state index contributed by atoms with van der Waals surface area (Å²) in [6, 6.07) is 3.53. The molecule has 0 fully saturated rings. The lowest BCUT2D eigenvalue weighted by molar-refractivity contribution is 0.0966. The number of benzene rings is 1. The van der Waals surface area contributed by atoms with Gasteiger partial charge in [-0.1, -0.05) is 13.8 Å². The van der Waals surface area contributed by atoms with E-state index in [9.17, 15) is 4.79 Å². The lowest BCUT2D eigenvalue weighted by Gasteiger charge is -2.07. The average molecular weight is 285 g/mol. The minimum atomic E-state index is 0.125. The molecular formula is C12H13BrO3. The van der Waals surface area contributed by atoms with Crippen LogP contribution in [0.5, 0.6) is 11.5 Å². The maximum Gasteiger partial charge on any atom is 0.231 e. The van der Waals surface area contributed by atoms with Crippen molar-refractivity contribution in [1.29, 1.82) is 0 Å². The quantitative estimate of drug-likeness (QED) is 0.798. The molecule has 1 aromatic rings. The number of hydrogen-bond donors (Lipinski definition) is 0. The smallest absolute Gasteiger partial charge is 0.231 e. The predicted octanol–water partition coefficient (Wildman–Crippen LogP) is 3.41. The molecule has 0 unspecified atom stereocenters. The molecule has 0 saturated heterocycles. The van der Waals surface area contributed by atoms with Gasteiger partial charge in [0.05, 0.1) is 0 Å². The lowest BCUT2D eigenvalue weighted by atomic mass is 10.0. The van der Waals surface area contributed by atoms with Gasteiger partial charge in [-0.15, -0.1) is 0 Å². The standard InChI is InChI=1S/C12H13BrO3/c1-7(2)3-10(14)8-4-11-12(5-9(8)13)16-6-15-11/h4-5,7H,3,6H2,1-2H3. The zero-order valence-electron chi connectivity index (χ0n) is 9.25. The summed E-state index contributed by atoms with van der Waals surface area (Å²) < 4.78 is 11.3. The van der Waals surface area contributed by atoms with Crippen LogP contribution in [0, 0.1) is 5.92 Å². The third kappa shape index (κ3) is 2.21. The highest BCUT2D eigenvalue weighted by atomic mass is 79.9. The molecule has 3 nitrogen and oxygen atoms in total. The number of ketones is 1. The van der Waals surface area contributed by atoms with Crippen molar-refractivity contribution in [1.82, 2.24) is 0 Å². The largest absolute Gasteiger partial charge is 0.454 e. The van der Waals surface area contributed by atoms with E-state index in [4.69, 9.17) is 9.47 Å². The van der Waals surface area contributed by atoms with Crippen molar-refractivity contribution in [3.8, 4) is 11.5 Å². The molecule has 0 atom stereocenters. The predicted molar refractivity (Wildman–Crippen MR) is 64.1 cm³/mol. The maximum atomic E-state index is 11.9. The first-order chi connectivity index (χ1) is 7.58. The number of carbonyl (C=O) groups is 1. The van der Waals surface area contributed by atoms with Gasteiger partial charge >= 0.3 is 0 Å². The van der Waals surface area contributed by atoms with Crippen molar-refractivity contribution in [2.75, 3.05) is 6.79 Å². The third-order valence-electron chi connectivity index (χ3n) is 2.36. The second-order valence-electron chi connectivity index (χ2n) is 4.21. The molecule has 86 valence electrons. The maximum absolute atomic E-state index is 11.9. The first-order valence-corrected chi connectivity index (χ1v) is 5.99. The van der Waals surface area contributed by atoms with Gasteiger partial charge in [0.15, 0.2) is 17.3 Å². The fraction of sp³-hybridized carbons (Fsp3) is 0.417. The molecule has 2 rings (SSSR count). The second kappa shape index (κ2) is 4.45. The van der Waals surface area contributed by atoms with Crippen molar-refractivity contribution >= 4 is 21.7 Å². The van der Waals surface area contributed by atoms with Gasteiger partial charge in [0.25, 0.3) is 0 Å². The number of ether oxygens (including phenoxy) is 2. The Kier molecular flexibility index (Phi) is 3.19. The molecule has 0 aromatic heterocycles. The van der Waals surface area contributed by atoms with Crippen LogP contribution in [0.4, 0.5) is 0 Å². The SMILES string of the molecule is CC(C)CC(=O)c1cc2c(cc1Br)OCO2. The van der Waals surface area contributed by atoms with Crippen LogP contribution in [-0.2, 0) is 0 Å². The van der Waals surface area contributed by atoms with Crippen molar-refractivity contribution in [3.05, 3.63) is 22.2 Å². The first kappa shape index (κ1) is 11.5. The number of carbonyl (C=O) groups excluding carboxylic acids is 1. The van der Waals surface area contributed by atoms with Crippen molar-refractivity contribution in [2.45, 2.75) is 20.3 Å². The Morgan fingerprint density at radius 1 is 1.38 bits per heavy atom. The number of rotatable bonds is 3. The molecular weight excluding hydrogens is 272 g/mol. The fourth-order valence-electron chi connectivity index (χ4n) is 1.61. The van der Waals surface area contributed by atoms with Crippen LogP contribution >= 0.6 is 15.9 Å². The molecule has 1 heterocycles. The molecule has 0 aliphatic carbocycles. The Hall–Kier alpha value is -1.03. The van der Waals surface area contributed by atoms with E-state index in [2.05, 4.69) is 15.9 Å². The van der Waals surface area contributed by atoms with Crippen molar-refractivity contribution in [2.24, 2.45) is 5.92 Å². The van der Waals surface area contributed by atoms with Gasteiger partial charge in [-0.2, -0.15) is 0 Å². The average Bonchev–Trinajstić information content (AvgIpc) is 2.61. The summed E-state index contributed by atoms with van der Waals surface area (Å²) >= 11 is 3.38. The molecule has 0 bridgehead atoms. The zero-order valence-corrected chi connectivity index (χ0v) is 10.8. The summed E-state index contributed by atoms with van der Waals surface area (Å²) in [5.74, 6) is 1.81. The summed E-state index contributed by atoms with van der Waals surface area (Å²) in [6.07, 6.45) is 0.540. The zero-order chi connectivity index (χ0) is 11.7. The minimum absolute atomic E-state index is 0.125. The van der Waals surface area contributed by atoms with E-state index in [-0.39, 0.29) is 12.6 Å². The molecule has 0 spiro atoms. The number of fused-ring (bicyclic) bond motifs is 1. The van der Waals surface area contributed by atoms with Gasteiger partial charge < -0.3 is 9.47 Å². The van der Waals surface area contributed by atoms with E-state index in [1.807, 2.05) is 13.8 Å². The summed E-state index contributed by atoms with van der Waals surface area (Å²) in [4.78, 5) is 11.9. The Balaban J connectivity index is 2.31. The highest BCUT2D eigenvalue weighted by molar-refractivity contribution is 9.10. The van der Waals surface area contributed by atoms with Crippen LogP contribution in [0.15, 0.2) is 16.6 Å². The molecule has 0 saturated carbocycles. The summed E-state index contributed by atoms with van der Waals surface area (Å²) in [7, 11) is 0. The molecule has 1 aromatic carbocycles. The highest BCUT2D eigenvalue weighted by Crippen LogP contribution is 2.37. The summed E-state index contributed by atoms with van der Waals surface area (Å²) in [5.41, 5.74) is 0.665. The van der Waals surface area contributed by atoms with Gasteiger partial charge in [-0.3, -0.25) is 4.79 Å². The van der Waals surface area contributed by atoms with Gasteiger partial charge in [0, 0.05) is 16.5 Å². The van der Waals surface area contributed by atoms with E-state index < -0.39 is 0 Å². The van der Waals surface area contributed by atoms with Crippen LogP contribution in [0.25, 0.3) is 0 Å². The fourth-order valence-corrected chi connectivity index (χ4v) is 2.16. The highest BCUT2D eigenvalue weighted by Gasteiger charge is 2.20. The van der Waals surface area contributed by atoms with Crippen LogP contribution in [0.2, 0.25) is 0 Å². The monoisotopic (exact) mass is 284 g/mol. The topological polar surface area (TPSA) is 35.5 Å². The molecule has 0 N–H and O–H groups in total. The number of halogens is 1. The molecule has 16 heavy (non-hydrogen) atoms. The third-order valence-corrected chi connectivity index (χ3v) is 3.01.